The lowest BCUT2D eigenvalue weighted by Gasteiger charge is -2.10. The fraction of sp³-hybridized carbons (Fsp3) is 0.750. The summed E-state index contributed by atoms with van der Waals surface area (Å²) in [6.07, 6.45) is 10.1. The standard InChI is InChI=1S/C12H21N3/c1-15-9-14-11(8-13)12(15)7-6-10-4-2-3-5-10/h9-10H,2-8,13H2,1H3. The molecule has 0 amide bonds. The first-order valence-corrected chi connectivity index (χ1v) is 6.00. The minimum absolute atomic E-state index is 0.570. The Hall–Kier alpha value is -0.830. The first-order chi connectivity index (χ1) is 7.31. The van der Waals surface area contributed by atoms with Crippen molar-refractivity contribution in [3.8, 4) is 0 Å². The fourth-order valence-corrected chi connectivity index (χ4v) is 2.64. The third kappa shape index (κ3) is 2.40. The van der Waals surface area contributed by atoms with E-state index in [1.807, 2.05) is 6.33 Å². The van der Waals surface area contributed by atoms with Crippen molar-refractivity contribution in [2.45, 2.75) is 45.1 Å². The number of imidazole rings is 1. The van der Waals surface area contributed by atoms with Crippen molar-refractivity contribution < 1.29 is 0 Å². The predicted octanol–water partition coefficient (Wildman–Crippen LogP) is 2.00. The van der Waals surface area contributed by atoms with Crippen molar-refractivity contribution in [1.29, 1.82) is 0 Å². The molecule has 1 aromatic heterocycles. The van der Waals surface area contributed by atoms with Gasteiger partial charge in [-0.25, -0.2) is 4.98 Å². The molecule has 84 valence electrons. The summed E-state index contributed by atoms with van der Waals surface area (Å²) in [6, 6.07) is 0. The summed E-state index contributed by atoms with van der Waals surface area (Å²) in [5.74, 6) is 0.950. The number of nitrogens with two attached hydrogens (primary N) is 1. The largest absolute Gasteiger partial charge is 0.337 e. The van der Waals surface area contributed by atoms with Gasteiger partial charge in [0.25, 0.3) is 0 Å². The summed E-state index contributed by atoms with van der Waals surface area (Å²) in [6.45, 7) is 0.570. The van der Waals surface area contributed by atoms with Gasteiger partial charge >= 0.3 is 0 Å². The molecule has 15 heavy (non-hydrogen) atoms. The molecule has 1 aliphatic rings. The number of hydrogen-bond donors (Lipinski definition) is 1. The summed E-state index contributed by atoms with van der Waals surface area (Å²) < 4.78 is 2.12. The fourth-order valence-electron chi connectivity index (χ4n) is 2.64. The summed E-state index contributed by atoms with van der Waals surface area (Å²) in [7, 11) is 2.07. The molecule has 1 saturated carbocycles. The van der Waals surface area contributed by atoms with Crippen LogP contribution in [0, 0.1) is 5.92 Å². The number of aryl methyl sites for hydroxylation is 1. The third-order valence-electron chi connectivity index (χ3n) is 3.60. The van der Waals surface area contributed by atoms with Gasteiger partial charge in [-0.1, -0.05) is 25.7 Å². The van der Waals surface area contributed by atoms with E-state index in [2.05, 4.69) is 16.6 Å². The van der Waals surface area contributed by atoms with Gasteiger partial charge in [0.2, 0.25) is 0 Å². The highest BCUT2D eigenvalue weighted by Gasteiger charge is 2.16. The molecule has 1 fully saturated rings. The molecule has 2 rings (SSSR count). The van der Waals surface area contributed by atoms with Crippen molar-refractivity contribution in [2.75, 3.05) is 0 Å². The zero-order valence-corrected chi connectivity index (χ0v) is 9.58. The van der Waals surface area contributed by atoms with Crippen LogP contribution >= 0.6 is 0 Å². The highest BCUT2D eigenvalue weighted by Crippen LogP contribution is 2.28. The second kappa shape index (κ2) is 4.79. The predicted molar refractivity (Wildman–Crippen MR) is 61.4 cm³/mol. The molecular formula is C12H21N3. The molecule has 0 unspecified atom stereocenters. The average Bonchev–Trinajstić information content (AvgIpc) is 2.84. The van der Waals surface area contributed by atoms with Crippen LogP contribution in [0.5, 0.6) is 0 Å². The van der Waals surface area contributed by atoms with Crippen LogP contribution in [0.25, 0.3) is 0 Å². The molecule has 1 aliphatic carbocycles. The molecular weight excluding hydrogens is 186 g/mol. The number of nitrogens with zero attached hydrogens (tertiary/aromatic N) is 2. The van der Waals surface area contributed by atoms with Crippen molar-refractivity contribution in [3.05, 3.63) is 17.7 Å². The number of aromatic nitrogens is 2. The van der Waals surface area contributed by atoms with Crippen LogP contribution in [0.1, 0.15) is 43.5 Å². The number of rotatable bonds is 4. The summed E-state index contributed by atoms with van der Waals surface area (Å²) >= 11 is 0. The van der Waals surface area contributed by atoms with E-state index in [4.69, 9.17) is 5.73 Å². The molecule has 0 aliphatic heterocycles. The monoisotopic (exact) mass is 207 g/mol. The highest BCUT2D eigenvalue weighted by molar-refractivity contribution is 5.12. The van der Waals surface area contributed by atoms with Gasteiger partial charge in [0.1, 0.15) is 0 Å². The minimum atomic E-state index is 0.570. The van der Waals surface area contributed by atoms with E-state index in [1.165, 1.54) is 37.8 Å². The van der Waals surface area contributed by atoms with Crippen LogP contribution in [0.15, 0.2) is 6.33 Å². The van der Waals surface area contributed by atoms with E-state index in [9.17, 15) is 0 Å². The zero-order chi connectivity index (χ0) is 10.7. The van der Waals surface area contributed by atoms with Gasteiger partial charge in [0, 0.05) is 19.3 Å². The smallest absolute Gasteiger partial charge is 0.0949 e. The SMILES string of the molecule is Cn1cnc(CN)c1CCC1CCCC1. The van der Waals surface area contributed by atoms with E-state index in [0.29, 0.717) is 6.54 Å². The zero-order valence-electron chi connectivity index (χ0n) is 9.58. The second-order valence-electron chi connectivity index (χ2n) is 4.64. The van der Waals surface area contributed by atoms with E-state index in [1.54, 1.807) is 0 Å². The molecule has 0 atom stereocenters. The lowest BCUT2D eigenvalue weighted by Crippen LogP contribution is -2.06. The quantitative estimate of drug-likeness (QED) is 0.820. The third-order valence-corrected chi connectivity index (χ3v) is 3.60. The van der Waals surface area contributed by atoms with Gasteiger partial charge in [0.15, 0.2) is 0 Å². The van der Waals surface area contributed by atoms with E-state index in [0.717, 1.165) is 18.0 Å². The van der Waals surface area contributed by atoms with Crippen molar-refractivity contribution >= 4 is 0 Å². The van der Waals surface area contributed by atoms with Gasteiger partial charge in [-0.3, -0.25) is 0 Å². The Labute approximate surface area is 91.7 Å². The summed E-state index contributed by atoms with van der Waals surface area (Å²) in [5, 5.41) is 0. The molecule has 1 aromatic rings. The Morgan fingerprint density at radius 1 is 1.47 bits per heavy atom. The lowest BCUT2D eigenvalue weighted by molar-refractivity contribution is 0.495. The van der Waals surface area contributed by atoms with Gasteiger partial charge in [-0.15, -0.1) is 0 Å². The Balaban J connectivity index is 1.94. The molecule has 3 nitrogen and oxygen atoms in total. The molecule has 0 bridgehead atoms. The maximum absolute atomic E-state index is 5.67. The first-order valence-electron chi connectivity index (χ1n) is 6.00. The molecule has 0 aromatic carbocycles. The van der Waals surface area contributed by atoms with Gasteiger partial charge in [0.05, 0.1) is 12.0 Å². The average molecular weight is 207 g/mol. The maximum atomic E-state index is 5.67. The lowest BCUT2D eigenvalue weighted by atomic mass is 10.00. The Morgan fingerprint density at radius 2 is 2.20 bits per heavy atom. The second-order valence-corrected chi connectivity index (χ2v) is 4.64. The van der Waals surface area contributed by atoms with Crippen LogP contribution in [0.4, 0.5) is 0 Å². The Morgan fingerprint density at radius 3 is 2.87 bits per heavy atom. The highest BCUT2D eigenvalue weighted by atomic mass is 15.0. The first kappa shape index (κ1) is 10.7. The molecule has 2 N–H and O–H groups in total. The minimum Gasteiger partial charge on any atom is -0.337 e. The summed E-state index contributed by atoms with van der Waals surface area (Å²) in [4.78, 5) is 4.32. The van der Waals surface area contributed by atoms with Crippen LogP contribution in [0.2, 0.25) is 0 Å². The van der Waals surface area contributed by atoms with E-state index in [-0.39, 0.29) is 0 Å². The normalized spacial score (nSPS) is 17.5. The Kier molecular flexibility index (Phi) is 3.41. The van der Waals surface area contributed by atoms with E-state index < -0.39 is 0 Å². The van der Waals surface area contributed by atoms with Crippen LogP contribution < -0.4 is 5.73 Å². The molecule has 0 radical (unpaired) electrons. The van der Waals surface area contributed by atoms with Gasteiger partial charge in [-0.05, 0) is 18.8 Å². The molecule has 1 heterocycles. The molecule has 0 spiro atoms. The van der Waals surface area contributed by atoms with Crippen LogP contribution in [-0.2, 0) is 20.0 Å². The number of hydrogen-bond acceptors (Lipinski definition) is 2. The van der Waals surface area contributed by atoms with Gasteiger partial charge < -0.3 is 10.3 Å². The van der Waals surface area contributed by atoms with Crippen molar-refractivity contribution in [3.63, 3.8) is 0 Å². The molecule has 0 saturated heterocycles. The van der Waals surface area contributed by atoms with Crippen molar-refractivity contribution in [1.82, 2.24) is 9.55 Å². The summed E-state index contributed by atoms with van der Waals surface area (Å²) in [5.41, 5.74) is 8.09. The topological polar surface area (TPSA) is 43.8 Å². The van der Waals surface area contributed by atoms with Crippen LogP contribution in [0.3, 0.4) is 0 Å². The maximum Gasteiger partial charge on any atom is 0.0949 e. The van der Waals surface area contributed by atoms with Crippen molar-refractivity contribution in [2.24, 2.45) is 18.7 Å². The molecule has 3 heteroatoms. The van der Waals surface area contributed by atoms with Gasteiger partial charge in [-0.2, -0.15) is 0 Å². The Bertz CT molecular complexity index is 311. The van der Waals surface area contributed by atoms with E-state index >= 15 is 0 Å². The van der Waals surface area contributed by atoms with Crippen LogP contribution in [-0.4, -0.2) is 9.55 Å².